The molecule has 7 heteroatoms. The van der Waals surface area contributed by atoms with Gasteiger partial charge in [-0.3, -0.25) is 9.59 Å². The average molecular weight is 331 g/mol. The van der Waals surface area contributed by atoms with Crippen molar-refractivity contribution >= 4 is 11.9 Å². The minimum Gasteiger partial charge on any atom is -0.457 e. The highest BCUT2D eigenvalue weighted by Crippen LogP contribution is 2.35. The van der Waals surface area contributed by atoms with E-state index >= 15 is 0 Å². The fraction of sp³-hybridized carbons (Fsp3) is 0.875. The SMILES string of the molecule is CC(=O)NCCOC[C@@H](C)C1OC(O)C(OC(C)=O)[C@@H](C)[C@@H]1C. The molecule has 1 amide bonds. The number of ether oxygens (including phenoxy) is 3. The zero-order valence-corrected chi connectivity index (χ0v) is 14.6. The summed E-state index contributed by atoms with van der Waals surface area (Å²) in [7, 11) is 0. The first-order valence-corrected chi connectivity index (χ1v) is 8.07. The molecule has 0 bridgehead atoms. The van der Waals surface area contributed by atoms with Crippen LogP contribution in [-0.4, -0.2) is 55.2 Å². The zero-order valence-electron chi connectivity index (χ0n) is 14.6. The van der Waals surface area contributed by atoms with Crippen LogP contribution in [0.2, 0.25) is 0 Å². The summed E-state index contributed by atoms with van der Waals surface area (Å²) in [5.41, 5.74) is 0. The van der Waals surface area contributed by atoms with Gasteiger partial charge in [0.05, 0.1) is 19.3 Å². The van der Waals surface area contributed by atoms with Crippen molar-refractivity contribution in [3.8, 4) is 0 Å². The predicted molar refractivity (Wildman–Crippen MR) is 83.4 cm³/mol. The average Bonchev–Trinajstić information content (AvgIpc) is 2.46. The molecular weight excluding hydrogens is 302 g/mol. The van der Waals surface area contributed by atoms with E-state index < -0.39 is 18.4 Å². The third-order valence-corrected chi connectivity index (χ3v) is 4.31. The van der Waals surface area contributed by atoms with Gasteiger partial charge in [0.25, 0.3) is 0 Å². The summed E-state index contributed by atoms with van der Waals surface area (Å²) in [4.78, 5) is 21.9. The highest BCUT2D eigenvalue weighted by Gasteiger charge is 2.44. The Morgan fingerprint density at radius 3 is 2.48 bits per heavy atom. The lowest BCUT2D eigenvalue weighted by molar-refractivity contribution is -0.267. The van der Waals surface area contributed by atoms with Gasteiger partial charge in [0.2, 0.25) is 5.91 Å². The number of aliphatic hydroxyl groups is 1. The van der Waals surface area contributed by atoms with E-state index in [0.717, 1.165) is 0 Å². The van der Waals surface area contributed by atoms with Crippen molar-refractivity contribution in [2.75, 3.05) is 19.8 Å². The Bertz CT molecular complexity index is 402. The van der Waals surface area contributed by atoms with Crippen LogP contribution in [0.25, 0.3) is 0 Å². The van der Waals surface area contributed by atoms with Crippen molar-refractivity contribution in [3.63, 3.8) is 0 Å². The quantitative estimate of drug-likeness (QED) is 0.527. The highest BCUT2D eigenvalue weighted by molar-refractivity contribution is 5.72. The van der Waals surface area contributed by atoms with Crippen LogP contribution in [0.4, 0.5) is 0 Å². The molecule has 0 aliphatic carbocycles. The molecule has 0 aromatic heterocycles. The van der Waals surface area contributed by atoms with Gasteiger partial charge in [-0.1, -0.05) is 20.8 Å². The second-order valence-electron chi connectivity index (χ2n) is 6.32. The Labute approximate surface area is 137 Å². The van der Waals surface area contributed by atoms with Crippen molar-refractivity contribution in [2.24, 2.45) is 17.8 Å². The Hall–Kier alpha value is -1.18. The number of hydrogen-bond donors (Lipinski definition) is 2. The lowest BCUT2D eigenvalue weighted by Gasteiger charge is -2.44. The second kappa shape index (κ2) is 9.20. The van der Waals surface area contributed by atoms with Crippen molar-refractivity contribution in [2.45, 2.75) is 53.1 Å². The van der Waals surface area contributed by atoms with E-state index in [-0.39, 0.29) is 29.8 Å². The molecule has 0 saturated carbocycles. The van der Waals surface area contributed by atoms with Crippen LogP contribution in [0, 0.1) is 17.8 Å². The maximum atomic E-state index is 11.1. The number of nitrogens with one attached hydrogen (secondary N) is 1. The van der Waals surface area contributed by atoms with Crippen molar-refractivity contribution in [1.29, 1.82) is 0 Å². The first kappa shape index (κ1) is 19.9. The monoisotopic (exact) mass is 331 g/mol. The van der Waals surface area contributed by atoms with E-state index in [1.54, 1.807) is 0 Å². The molecule has 1 heterocycles. The minimum absolute atomic E-state index is 0.0190. The van der Waals surface area contributed by atoms with Gasteiger partial charge < -0.3 is 24.6 Å². The summed E-state index contributed by atoms with van der Waals surface area (Å²) in [6, 6.07) is 0. The number of esters is 1. The number of amides is 1. The number of aliphatic hydroxyl groups excluding tert-OH is 1. The third kappa shape index (κ3) is 6.08. The van der Waals surface area contributed by atoms with Crippen molar-refractivity contribution in [3.05, 3.63) is 0 Å². The zero-order chi connectivity index (χ0) is 17.6. The molecule has 6 atom stereocenters. The molecule has 1 rings (SSSR count). The van der Waals surface area contributed by atoms with Crippen LogP contribution >= 0.6 is 0 Å². The smallest absolute Gasteiger partial charge is 0.303 e. The molecule has 3 unspecified atom stereocenters. The Balaban J connectivity index is 2.47. The molecule has 1 aliphatic heterocycles. The normalized spacial score (nSPS) is 32.2. The highest BCUT2D eigenvalue weighted by atomic mass is 16.7. The van der Waals surface area contributed by atoms with E-state index in [1.165, 1.54) is 13.8 Å². The van der Waals surface area contributed by atoms with E-state index in [9.17, 15) is 14.7 Å². The topological polar surface area (TPSA) is 94.1 Å². The van der Waals surface area contributed by atoms with E-state index in [4.69, 9.17) is 14.2 Å². The molecule has 0 spiro atoms. The Kier molecular flexibility index (Phi) is 7.94. The molecule has 0 aromatic rings. The van der Waals surface area contributed by atoms with Crippen LogP contribution in [0.15, 0.2) is 0 Å². The standard InChI is InChI=1S/C16H29NO6/c1-9(8-21-7-6-17-12(4)18)14-10(2)11(3)15(16(20)23-14)22-13(5)19/h9-11,14-16,20H,6-8H2,1-5H3,(H,17,18)/t9-,10+,11+,14?,15?,16?/m1/s1. The van der Waals surface area contributed by atoms with E-state index in [2.05, 4.69) is 5.32 Å². The largest absolute Gasteiger partial charge is 0.457 e. The number of hydrogen-bond acceptors (Lipinski definition) is 6. The summed E-state index contributed by atoms with van der Waals surface area (Å²) >= 11 is 0. The lowest BCUT2D eigenvalue weighted by atomic mass is 9.79. The molecule has 0 aromatic carbocycles. The molecule has 1 saturated heterocycles. The molecule has 134 valence electrons. The van der Waals surface area contributed by atoms with Gasteiger partial charge in [0, 0.05) is 32.2 Å². The molecule has 0 radical (unpaired) electrons. The number of carbonyl (C=O) groups is 2. The third-order valence-electron chi connectivity index (χ3n) is 4.31. The molecule has 23 heavy (non-hydrogen) atoms. The first-order valence-electron chi connectivity index (χ1n) is 8.07. The molecular formula is C16H29NO6. The number of carbonyl (C=O) groups excluding carboxylic acids is 2. The van der Waals surface area contributed by atoms with Crippen molar-refractivity contribution in [1.82, 2.24) is 5.32 Å². The summed E-state index contributed by atoms with van der Waals surface area (Å²) in [5.74, 6) is -0.354. The molecule has 2 N–H and O–H groups in total. The molecule has 1 aliphatic rings. The van der Waals surface area contributed by atoms with E-state index in [0.29, 0.717) is 19.8 Å². The van der Waals surface area contributed by atoms with Gasteiger partial charge in [-0.25, -0.2) is 0 Å². The lowest BCUT2D eigenvalue weighted by Crippen LogP contribution is -2.53. The Morgan fingerprint density at radius 1 is 1.26 bits per heavy atom. The van der Waals surface area contributed by atoms with Crippen LogP contribution < -0.4 is 5.32 Å². The van der Waals surface area contributed by atoms with Gasteiger partial charge in [0.1, 0.15) is 0 Å². The summed E-state index contributed by atoms with van der Waals surface area (Å²) in [5, 5.41) is 12.8. The molecule has 1 fully saturated rings. The van der Waals surface area contributed by atoms with Crippen LogP contribution in [0.3, 0.4) is 0 Å². The van der Waals surface area contributed by atoms with Crippen LogP contribution in [-0.2, 0) is 23.8 Å². The fourth-order valence-electron chi connectivity index (χ4n) is 2.89. The van der Waals surface area contributed by atoms with Crippen LogP contribution in [0.1, 0.15) is 34.6 Å². The fourth-order valence-corrected chi connectivity index (χ4v) is 2.89. The van der Waals surface area contributed by atoms with Crippen LogP contribution in [0.5, 0.6) is 0 Å². The summed E-state index contributed by atoms with van der Waals surface area (Å²) in [6.45, 7) is 10.1. The summed E-state index contributed by atoms with van der Waals surface area (Å²) in [6.07, 6.45) is -1.96. The maximum Gasteiger partial charge on any atom is 0.303 e. The second-order valence-corrected chi connectivity index (χ2v) is 6.32. The van der Waals surface area contributed by atoms with Gasteiger partial charge in [0.15, 0.2) is 12.4 Å². The first-order chi connectivity index (χ1) is 10.7. The summed E-state index contributed by atoms with van der Waals surface area (Å²) < 4.78 is 16.4. The maximum absolute atomic E-state index is 11.1. The van der Waals surface area contributed by atoms with Crippen molar-refractivity contribution < 1.29 is 28.9 Å². The van der Waals surface area contributed by atoms with Gasteiger partial charge in [-0.2, -0.15) is 0 Å². The predicted octanol–water partition coefficient (Wildman–Crippen LogP) is 0.696. The number of rotatable bonds is 7. The van der Waals surface area contributed by atoms with E-state index in [1.807, 2.05) is 20.8 Å². The molecule has 7 nitrogen and oxygen atoms in total. The van der Waals surface area contributed by atoms with Gasteiger partial charge in [-0.05, 0) is 5.92 Å². The Morgan fingerprint density at radius 2 is 1.91 bits per heavy atom. The minimum atomic E-state index is -1.13. The van der Waals surface area contributed by atoms with Gasteiger partial charge >= 0.3 is 5.97 Å². The van der Waals surface area contributed by atoms with Gasteiger partial charge in [-0.15, -0.1) is 0 Å².